The summed E-state index contributed by atoms with van der Waals surface area (Å²) in [5, 5.41) is 10.4. The van der Waals surface area contributed by atoms with Crippen molar-refractivity contribution in [2.75, 3.05) is 6.61 Å². The molecule has 0 aromatic heterocycles. The summed E-state index contributed by atoms with van der Waals surface area (Å²) >= 11 is 4.85. The summed E-state index contributed by atoms with van der Waals surface area (Å²) in [5.41, 5.74) is -0.574. The van der Waals surface area contributed by atoms with Crippen LogP contribution in [0.3, 0.4) is 0 Å². The fourth-order valence-electron chi connectivity index (χ4n) is 1.04. The minimum atomic E-state index is -1.10. The minimum Gasteiger partial charge on any atom is -0.458 e. The molecule has 0 unspecified atom stereocenters. The summed E-state index contributed by atoms with van der Waals surface area (Å²) in [6.07, 6.45) is 0. The lowest BCUT2D eigenvalue weighted by atomic mass is 10.2. The first-order valence-electron chi connectivity index (χ1n) is 4.70. The van der Waals surface area contributed by atoms with Crippen molar-refractivity contribution in [3.8, 4) is 0 Å². The van der Waals surface area contributed by atoms with E-state index < -0.39 is 22.9 Å². The lowest BCUT2D eigenvalue weighted by molar-refractivity contribution is -0.384. The number of nitrogens with zero attached hydrogens (tertiary/aromatic N) is 1. The fraction of sp³-hybridized carbons (Fsp3) is 0.200. The number of non-ortho nitro benzene ring substituents is 1. The molecule has 0 saturated carbocycles. The van der Waals surface area contributed by atoms with Crippen LogP contribution in [0.15, 0.2) is 24.3 Å². The molecule has 0 aliphatic rings. The zero-order valence-corrected chi connectivity index (χ0v) is 9.75. The molecule has 18 heavy (non-hydrogen) atoms. The van der Waals surface area contributed by atoms with Crippen molar-refractivity contribution in [3.63, 3.8) is 0 Å². The Balaban J connectivity index is 2.41. The monoisotopic (exact) mass is 273 g/mol. The maximum Gasteiger partial charge on any atom is 0.404 e. The molecule has 0 spiro atoms. The van der Waals surface area contributed by atoms with E-state index in [9.17, 15) is 19.7 Å². The molecule has 96 valence electrons. The van der Waals surface area contributed by atoms with Gasteiger partial charge in [0.15, 0.2) is 6.61 Å². The standard InChI is InChI=1S/C10H8ClNO6/c11-10(14)18-6-9(13)17-5-7-1-3-8(4-2-7)12(15)16/h1-4H,5-6H2. The summed E-state index contributed by atoms with van der Waals surface area (Å²) in [7, 11) is 0. The number of hydrogen-bond donors (Lipinski definition) is 0. The Hall–Kier alpha value is -2.15. The van der Waals surface area contributed by atoms with Gasteiger partial charge in [-0.3, -0.25) is 10.1 Å². The molecule has 0 bridgehead atoms. The van der Waals surface area contributed by atoms with Crippen LogP contribution < -0.4 is 0 Å². The largest absolute Gasteiger partial charge is 0.458 e. The highest BCUT2D eigenvalue weighted by Crippen LogP contribution is 2.12. The molecule has 0 N–H and O–H groups in total. The third kappa shape index (κ3) is 4.79. The lowest BCUT2D eigenvalue weighted by Crippen LogP contribution is -2.13. The van der Waals surface area contributed by atoms with Gasteiger partial charge in [0.1, 0.15) is 6.61 Å². The van der Waals surface area contributed by atoms with E-state index in [2.05, 4.69) is 4.74 Å². The van der Waals surface area contributed by atoms with E-state index in [4.69, 9.17) is 16.3 Å². The van der Waals surface area contributed by atoms with Crippen LogP contribution in [0.4, 0.5) is 10.5 Å². The maximum absolute atomic E-state index is 11.0. The van der Waals surface area contributed by atoms with E-state index >= 15 is 0 Å². The molecule has 8 heteroatoms. The summed E-state index contributed by atoms with van der Waals surface area (Å²) in [5.74, 6) is -0.762. The van der Waals surface area contributed by atoms with Crippen LogP contribution >= 0.6 is 11.6 Å². The first-order valence-corrected chi connectivity index (χ1v) is 5.08. The molecule has 0 amide bonds. The molecule has 1 rings (SSSR count). The van der Waals surface area contributed by atoms with Gasteiger partial charge in [-0.05, 0) is 17.7 Å². The molecule has 7 nitrogen and oxygen atoms in total. The summed E-state index contributed by atoms with van der Waals surface area (Å²) < 4.78 is 8.94. The van der Waals surface area contributed by atoms with Gasteiger partial charge in [-0.2, -0.15) is 0 Å². The third-order valence-electron chi connectivity index (χ3n) is 1.85. The highest BCUT2D eigenvalue weighted by molar-refractivity contribution is 6.61. The fourth-order valence-corrected chi connectivity index (χ4v) is 1.09. The van der Waals surface area contributed by atoms with Crippen molar-refractivity contribution in [1.82, 2.24) is 0 Å². The zero-order chi connectivity index (χ0) is 13.5. The average Bonchev–Trinajstić information content (AvgIpc) is 2.34. The molecule has 0 radical (unpaired) electrons. The number of carbonyl (C=O) groups is 2. The lowest BCUT2D eigenvalue weighted by Gasteiger charge is -2.04. The second kappa shape index (κ2) is 6.55. The molecule has 0 aliphatic heterocycles. The Morgan fingerprint density at radius 2 is 1.83 bits per heavy atom. The Kier molecular flexibility index (Phi) is 5.06. The molecule has 1 aromatic carbocycles. The highest BCUT2D eigenvalue weighted by atomic mass is 35.5. The number of nitro benzene ring substituents is 1. The van der Waals surface area contributed by atoms with Crippen molar-refractivity contribution < 1.29 is 24.0 Å². The predicted molar refractivity (Wildman–Crippen MR) is 60.1 cm³/mol. The van der Waals surface area contributed by atoms with Crippen molar-refractivity contribution >= 4 is 28.7 Å². The highest BCUT2D eigenvalue weighted by Gasteiger charge is 2.08. The molecule has 0 atom stereocenters. The SMILES string of the molecule is O=C(Cl)OCC(=O)OCc1ccc([N+](=O)[O-])cc1. The van der Waals surface area contributed by atoms with Crippen LogP contribution in [0.1, 0.15) is 5.56 Å². The Bertz CT molecular complexity index is 458. The summed E-state index contributed by atoms with van der Waals surface area (Å²) in [4.78, 5) is 31.1. The van der Waals surface area contributed by atoms with E-state index in [1.807, 2.05) is 0 Å². The van der Waals surface area contributed by atoms with E-state index in [1.54, 1.807) is 0 Å². The van der Waals surface area contributed by atoms with Crippen molar-refractivity contribution in [2.24, 2.45) is 0 Å². The first kappa shape index (κ1) is 13.9. The molecule has 0 aliphatic carbocycles. The number of carbonyl (C=O) groups excluding carboxylic acids is 2. The van der Waals surface area contributed by atoms with Gasteiger partial charge in [0, 0.05) is 23.7 Å². The van der Waals surface area contributed by atoms with E-state index in [0.717, 1.165) is 0 Å². The van der Waals surface area contributed by atoms with Gasteiger partial charge < -0.3 is 9.47 Å². The Morgan fingerprint density at radius 3 is 2.33 bits per heavy atom. The van der Waals surface area contributed by atoms with Gasteiger partial charge in [0.2, 0.25) is 0 Å². The second-order valence-electron chi connectivity index (χ2n) is 3.11. The van der Waals surface area contributed by atoms with Crippen LogP contribution in [0.5, 0.6) is 0 Å². The number of rotatable bonds is 5. The summed E-state index contributed by atoms with van der Waals surface area (Å²) in [6, 6.07) is 5.50. The van der Waals surface area contributed by atoms with E-state index in [1.165, 1.54) is 24.3 Å². The quantitative estimate of drug-likeness (QED) is 0.352. The minimum absolute atomic E-state index is 0.0545. The molecular weight excluding hydrogens is 266 g/mol. The Labute approximate surface area is 106 Å². The van der Waals surface area contributed by atoms with Crippen LogP contribution in [0, 0.1) is 10.1 Å². The van der Waals surface area contributed by atoms with Crippen LogP contribution in [0.2, 0.25) is 0 Å². The average molecular weight is 274 g/mol. The number of nitro groups is 1. The van der Waals surface area contributed by atoms with Crippen LogP contribution in [-0.4, -0.2) is 22.9 Å². The Morgan fingerprint density at radius 1 is 1.22 bits per heavy atom. The maximum atomic E-state index is 11.0. The number of ether oxygens (including phenoxy) is 2. The molecule has 0 fully saturated rings. The number of esters is 1. The topological polar surface area (TPSA) is 95.7 Å². The van der Waals surface area contributed by atoms with Gasteiger partial charge in [0.05, 0.1) is 4.92 Å². The molecule has 0 heterocycles. The van der Waals surface area contributed by atoms with Gasteiger partial charge in [-0.1, -0.05) is 0 Å². The van der Waals surface area contributed by atoms with Crippen LogP contribution in [0.25, 0.3) is 0 Å². The number of hydrogen-bond acceptors (Lipinski definition) is 6. The van der Waals surface area contributed by atoms with Gasteiger partial charge >= 0.3 is 11.4 Å². The normalized spacial score (nSPS) is 9.61. The third-order valence-corrected chi connectivity index (χ3v) is 1.96. The summed E-state index contributed by atoms with van der Waals surface area (Å²) in [6.45, 7) is -0.647. The number of halogens is 1. The van der Waals surface area contributed by atoms with E-state index in [-0.39, 0.29) is 12.3 Å². The van der Waals surface area contributed by atoms with Crippen molar-refractivity contribution in [1.29, 1.82) is 0 Å². The first-order chi connectivity index (χ1) is 8.49. The molecule has 0 saturated heterocycles. The number of benzene rings is 1. The van der Waals surface area contributed by atoms with Gasteiger partial charge in [-0.15, -0.1) is 0 Å². The molecule has 1 aromatic rings. The van der Waals surface area contributed by atoms with Crippen molar-refractivity contribution in [2.45, 2.75) is 6.61 Å². The van der Waals surface area contributed by atoms with Crippen LogP contribution in [-0.2, 0) is 20.9 Å². The van der Waals surface area contributed by atoms with Gasteiger partial charge in [0.25, 0.3) is 5.69 Å². The van der Waals surface area contributed by atoms with Crippen molar-refractivity contribution in [3.05, 3.63) is 39.9 Å². The second-order valence-corrected chi connectivity index (χ2v) is 3.42. The van der Waals surface area contributed by atoms with E-state index in [0.29, 0.717) is 5.56 Å². The predicted octanol–water partition coefficient (Wildman–Crippen LogP) is 2.01. The van der Waals surface area contributed by atoms with Gasteiger partial charge in [-0.25, -0.2) is 9.59 Å². The smallest absolute Gasteiger partial charge is 0.404 e. The zero-order valence-electron chi connectivity index (χ0n) is 9.00. The molecular formula is C10H8ClNO6.